The van der Waals surface area contributed by atoms with E-state index in [9.17, 15) is 17.6 Å². The van der Waals surface area contributed by atoms with E-state index in [1.54, 1.807) is 6.92 Å². The van der Waals surface area contributed by atoms with Crippen molar-refractivity contribution in [2.24, 2.45) is 0 Å². The van der Waals surface area contributed by atoms with Crippen LogP contribution in [0.25, 0.3) is 0 Å². The number of ether oxygens (including phenoxy) is 1. The zero-order valence-electron chi connectivity index (χ0n) is 12.0. The Hall–Kier alpha value is -2.61. The summed E-state index contributed by atoms with van der Waals surface area (Å²) in [4.78, 5) is 11.6. The fraction of sp³-hybridized carbons (Fsp3) is 0.133. The Balaban J connectivity index is 1.90. The van der Waals surface area contributed by atoms with Crippen LogP contribution in [0.3, 0.4) is 0 Å². The van der Waals surface area contributed by atoms with Gasteiger partial charge in [-0.05, 0) is 49.4 Å². The molecule has 8 heteroatoms. The van der Waals surface area contributed by atoms with Gasteiger partial charge >= 0.3 is 0 Å². The normalized spacial score (nSPS) is 17.0. The molecule has 3 rings (SSSR count). The molecule has 1 aliphatic heterocycles. The van der Waals surface area contributed by atoms with Crippen molar-refractivity contribution in [2.75, 3.05) is 10.0 Å². The standard InChI is InChI=1S/C15H13FN2O4S/c1-9-15(19)17-13-8-12(6-7-14(13)22-9)23(20,21)18-11-4-2-10(16)3-5-11/h2-9,18H,1H3,(H,17,19)/t9-/m1/s1. The van der Waals surface area contributed by atoms with Crippen molar-refractivity contribution in [3.63, 3.8) is 0 Å². The molecule has 0 bridgehead atoms. The van der Waals surface area contributed by atoms with Gasteiger partial charge in [-0.15, -0.1) is 0 Å². The Kier molecular flexibility index (Phi) is 3.69. The van der Waals surface area contributed by atoms with Gasteiger partial charge in [0.25, 0.3) is 15.9 Å². The fourth-order valence-electron chi connectivity index (χ4n) is 2.09. The monoisotopic (exact) mass is 336 g/mol. The van der Waals surface area contributed by atoms with E-state index in [1.165, 1.54) is 30.3 Å². The molecule has 2 N–H and O–H groups in total. The molecule has 0 aliphatic carbocycles. The van der Waals surface area contributed by atoms with Crippen molar-refractivity contribution < 1.29 is 22.3 Å². The van der Waals surface area contributed by atoms with Crippen molar-refractivity contribution >= 4 is 27.3 Å². The molecule has 0 radical (unpaired) electrons. The van der Waals surface area contributed by atoms with Crippen LogP contribution in [0.2, 0.25) is 0 Å². The minimum atomic E-state index is -3.87. The van der Waals surface area contributed by atoms with E-state index in [0.717, 1.165) is 12.1 Å². The molecule has 23 heavy (non-hydrogen) atoms. The number of hydrogen-bond donors (Lipinski definition) is 2. The van der Waals surface area contributed by atoms with Crippen LogP contribution < -0.4 is 14.8 Å². The number of rotatable bonds is 3. The van der Waals surface area contributed by atoms with E-state index in [-0.39, 0.29) is 22.2 Å². The van der Waals surface area contributed by atoms with Crippen LogP contribution in [0.4, 0.5) is 15.8 Å². The highest BCUT2D eigenvalue weighted by atomic mass is 32.2. The van der Waals surface area contributed by atoms with E-state index < -0.39 is 21.9 Å². The number of hydrogen-bond acceptors (Lipinski definition) is 4. The van der Waals surface area contributed by atoms with Gasteiger partial charge in [0, 0.05) is 5.69 Å². The maximum Gasteiger partial charge on any atom is 0.265 e. The molecule has 6 nitrogen and oxygen atoms in total. The second-order valence-corrected chi connectivity index (χ2v) is 6.70. The van der Waals surface area contributed by atoms with Gasteiger partial charge in [-0.25, -0.2) is 12.8 Å². The van der Waals surface area contributed by atoms with Gasteiger partial charge in [0.05, 0.1) is 10.6 Å². The highest BCUT2D eigenvalue weighted by Gasteiger charge is 2.25. The fourth-order valence-corrected chi connectivity index (χ4v) is 3.17. The second kappa shape index (κ2) is 5.54. The maximum absolute atomic E-state index is 12.9. The Morgan fingerprint density at radius 2 is 1.87 bits per heavy atom. The van der Waals surface area contributed by atoms with E-state index in [4.69, 9.17) is 4.74 Å². The number of halogens is 1. The number of nitrogens with one attached hydrogen (secondary N) is 2. The summed E-state index contributed by atoms with van der Waals surface area (Å²) >= 11 is 0. The molecule has 1 atom stereocenters. The average molecular weight is 336 g/mol. The smallest absolute Gasteiger partial charge is 0.265 e. The minimum Gasteiger partial charge on any atom is -0.479 e. The molecule has 0 saturated carbocycles. The zero-order chi connectivity index (χ0) is 16.6. The van der Waals surface area contributed by atoms with Gasteiger partial charge in [-0.1, -0.05) is 0 Å². The van der Waals surface area contributed by atoms with E-state index in [1.807, 2.05) is 0 Å². The lowest BCUT2D eigenvalue weighted by Gasteiger charge is -2.23. The summed E-state index contributed by atoms with van der Waals surface area (Å²) in [6.45, 7) is 1.60. The molecule has 1 aliphatic rings. The molecule has 120 valence electrons. The Labute approximate surface area is 132 Å². The summed E-state index contributed by atoms with van der Waals surface area (Å²) < 4.78 is 45.3. The van der Waals surface area contributed by atoms with Crippen molar-refractivity contribution in [3.8, 4) is 5.75 Å². The molecule has 0 saturated heterocycles. The largest absolute Gasteiger partial charge is 0.479 e. The lowest BCUT2D eigenvalue weighted by atomic mass is 10.2. The molecule has 2 aromatic carbocycles. The van der Waals surface area contributed by atoms with Gasteiger partial charge in [0.2, 0.25) is 0 Å². The van der Waals surface area contributed by atoms with Crippen molar-refractivity contribution in [2.45, 2.75) is 17.9 Å². The molecule has 1 amide bonds. The van der Waals surface area contributed by atoms with Crippen LogP contribution in [-0.4, -0.2) is 20.4 Å². The predicted octanol–water partition coefficient (Wildman–Crippen LogP) is 2.35. The van der Waals surface area contributed by atoms with Crippen LogP contribution >= 0.6 is 0 Å². The highest BCUT2D eigenvalue weighted by Crippen LogP contribution is 2.32. The van der Waals surface area contributed by atoms with E-state index in [0.29, 0.717) is 5.75 Å². The second-order valence-electron chi connectivity index (χ2n) is 5.02. The molecule has 0 aromatic heterocycles. The first-order valence-corrected chi connectivity index (χ1v) is 8.23. The third-order valence-corrected chi connectivity index (χ3v) is 4.67. The van der Waals surface area contributed by atoms with Crippen LogP contribution in [0.1, 0.15) is 6.92 Å². The molecule has 0 unspecified atom stereocenters. The molecule has 0 spiro atoms. The number of benzene rings is 2. The van der Waals surface area contributed by atoms with Crippen LogP contribution in [0.15, 0.2) is 47.4 Å². The number of sulfonamides is 1. The van der Waals surface area contributed by atoms with Crippen molar-refractivity contribution in [1.29, 1.82) is 0 Å². The lowest BCUT2D eigenvalue weighted by molar-refractivity contribution is -0.122. The minimum absolute atomic E-state index is 0.0426. The van der Waals surface area contributed by atoms with Gasteiger partial charge < -0.3 is 10.1 Å². The molecular formula is C15H13FN2O4S. The summed E-state index contributed by atoms with van der Waals surface area (Å²) in [6, 6.07) is 9.10. The molecule has 0 fully saturated rings. The Morgan fingerprint density at radius 3 is 2.57 bits per heavy atom. The number of carbonyl (C=O) groups excluding carboxylic acids is 1. The summed E-state index contributed by atoms with van der Waals surface area (Å²) in [5, 5.41) is 2.59. The quantitative estimate of drug-likeness (QED) is 0.901. The molecular weight excluding hydrogens is 323 g/mol. The van der Waals surface area contributed by atoms with Crippen LogP contribution in [-0.2, 0) is 14.8 Å². The predicted molar refractivity (Wildman–Crippen MR) is 82.4 cm³/mol. The first-order valence-electron chi connectivity index (χ1n) is 6.75. The Morgan fingerprint density at radius 1 is 1.17 bits per heavy atom. The van der Waals surface area contributed by atoms with E-state index in [2.05, 4.69) is 10.0 Å². The first kappa shape index (κ1) is 15.3. The van der Waals surface area contributed by atoms with Gasteiger partial charge in [0.1, 0.15) is 11.6 Å². The van der Waals surface area contributed by atoms with Crippen LogP contribution in [0.5, 0.6) is 5.75 Å². The summed E-state index contributed by atoms with van der Waals surface area (Å²) in [5.74, 6) is -0.410. The third kappa shape index (κ3) is 3.11. The highest BCUT2D eigenvalue weighted by molar-refractivity contribution is 7.92. The van der Waals surface area contributed by atoms with Gasteiger partial charge in [-0.2, -0.15) is 0 Å². The Bertz CT molecular complexity index is 866. The number of anilines is 2. The number of amides is 1. The molecule has 2 aromatic rings. The average Bonchev–Trinajstić information content (AvgIpc) is 2.50. The van der Waals surface area contributed by atoms with Gasteiger partial charge in [-0.3, -0.25) is 9.52 Å². The SMILES string of the molecule is C[C@H]1Oc2ccc(S(=O)(=O)Nc3ccc(F)cc3)cc2NC1=O. The van der Waals surface area contributed by atoms with E-state index >= 15 is 0 Å². The summed E-state index contributed by atoms with van der Waals surface area (Å²) in [5.41, 5.74) is 0.521. The number of fused-ring (bicyclic) bond motifs is 1. The van der Waals surface area contributed by atoms with Crippen molar-refractivity contribution in [3.05, 3.63) is 48.3 Å². The summed E-state index contributed by atoms with van der Waals surface area (Å²) in [6.07, 6.45) is -0.637. The lowest BCUT2D eigenvalue weighted by Crippen LogP contribution is -2.34. The summed E-state index contributed by atoms with van der Waals surface area (Å²) in [7, 11) is -3.87. The topological polar surface area (TPSA) is 84.5 Å². The van der Waals surface area contributed by atoms with Crippen molar-refractivity contribution in [1.82, 2.24) is 0 Å². The van der Waals surface area contributed by atoms with Crippen LogP contribution in [0, 0.1) is 5.82 Å². The third-order valence-electron chi connectivity index (χ3n) is 3.29. The molecule has 1 heterocycles. The first-order chi connectivity index (χ1) is 10.8. The van der Waals surface area contributed by atoms with Gasteiger partial charge in [0.15, 0.2) is 6.10 Å². The zero-order valence-corrected chi connectivity index (χ0v) is 12.9. The maximum atomic E-state index is 12.9. The number of carbonyl (C=O) groups is 1.